The van der Waals surface area contributed by atoms with E-state index in [0.717, 1.165) is 0 Å². The molecule has 0 saturated heterocycles. The van der Waals surface area contributed by atoms with Crippen LogP contribution in [0.4, 0.5) is 26.3 Å². The summed E-state index contributed by atoms with van der Waals surface area (Å²) in [4.78, 5) is 0. The van der Waals surface area contributed by atoms with Crippen LogP contribution in [0.5, 0.6) is 0 Å². The van der Waals surface area contributed by atoms with E-state index >= 15 is 0 Å². The lowest BCUT2D eigenvalue weighted by Gasteiger charge is -2.23. The minimum atomic E-state index is -5.50. The predicted molar refractivity (Wildman–Crippen MR) is 34.1 cm³/mol. The molecular formula is C5H2Cl2F6. The maximum Gasteiger partial charge on any atom is 0.375 e. The average molecular weight is 247 g/mol. The van der Waals surface area contributed by atoms with E-state index in [9.17, 15) is 26.3 Å². The van der Waals surface area contributed by atoms with E-state index in [2.05, 4.69) is 23.2 Å². The van der Waals surface area contributed by atoms with Crippen molar-refractivity contribution in [3.05, 3.63) is 0 Å². The average Bonchev–Trinajstić information content (AvgIpc) is 2.05. The standard InChI is InChI=1S/C5H2Cl2F6/c6-1-2(7)4(10,11)5(12,13)3(1,8)9/h1-2H/t1-,2-/m0/s1. The summed E-state index contributed by atoms with van der Waals surface area (Å²) in [5, 5.41) is -5.56. The van der Waals surface area contributed by atoms with Gasteiger partial charge in [-0.1, -0.05) is 0 Å². The molecular weight excluding hydrogens is 245 g/mol. The molecule has 0 radical (unpaired) electrons. The van der Waals surface area contributed by atoms with Crippen molar-refractivity contribution in [3.8, 4) is 0 Å². The van der Waals surface area contributed by atoms with Gasteiger partial charge in [-0.3, -0.25) is 0 Å². The third-order valence-corrected chi connectivity index (χ3v) is 2.97. The molecule has 1 rings (SSSR count). The number of rotatable bonds is 0. The lowest BCUT2D eigenvalue weighted by atomic mass is 10.2. The third-order valence-electron chi connectivity index (χ3n) is 1.79. The second kappa shape index (κ2) is 2.59. The van der Waals surface area contributed by atoms with Gasteiger partial charge in [-0.2, -0.15) is 26.3 Å². The summed E-state index contributed by atoms with van der Waals surface area (Å²) in [5.41, 5.74) is 0. The van der Waals surface area contributed by atoms with Crippen LogP contribution in [0.3, 0.4) is 0 Å². The molecule has 1 aliphatic rings. The summed E-state index contributed by atoms with van der Waals surface area (Å²) < 4.78 is 74.3. The summed E-state index contributed by atoms with van der Waals surface area (Å²) in [6, 6.07) is 0. The second-order valence-corrected chi connectivity index (χ2v) is 3.56. The SMILES string of the molecule is FC1(F)[C@@H](Cl)[C@H](Cl)C(F)(F)C1(F)F. The van der Waals surface area contributed by atoms with Crippen LogP contribution in [0.25, 0.3) is 0 Å². The fourth-order valence-corrected chi connectivity index (χ4v) is 1.53. The van der Waals surface area contributed by atoms with Crippen LogP contribution < -0.4 is 0 Å². The number of hydrogen-bond donors (Lipinski definition) is 0. The molecule has 0 heterocycles. The minimum absolute atomic E-state index is 2.78. The van der Waals surface area contributed by atoms with Gasteiger partial charge in [0.1, 0.15) is 10.8 Å². The number of alkyl halides is 8. The summed E-state index contributed by atoms with van der Waals surface area (Å²) in [5.74, 6) is -15.5. The molecule has 0 aromatic heterocycles. The van der Waals surface area contributed by atoms with Crippen molar-refractivity contribution in [2.75, 3.05) is 0 Å². The molecule has 0 amide bonds. The normalized spacial score (nSPS) is 40.6. The highest BCUT2D eigenvalue weighted by Gasteiger charge is 2.84. The first-order chi connectivity index (χ1) is 5.57. The quantitative estimate of drug-likeness (QED) is 0.455. The van der Waals surface area contributed by atoms with Gasteiger partial charge in [-0.05, 0) is 0 Å². The summed E-state index contributed by atoms with van der Waals surface area (Å²) >= 11 is 9.36. The van der Waals surface area contributed by atoms with Gasteiger partial charge in [-0.25, -0.2) is 0 Å². The Morgan fingerprint density at radius 3 is 1.00 bits per heavy atom. The van der Waals surface area contributed by atoms with Gasteiger partial charge in [0.25, 0.3) is 0 Å². The van der Waals surface area contributed by atoms with Crippen molar-refractivity contribution in [2.45, 2.75) is 28.5 Å². The molecule has 13 heavy (non-hydrogen) atoms. The van der Waals surface area contributed by atoms with Crippen molar-refractivity contribution < 1.29 is 26.3 Å². The molecule has 78 valence electrons. The van der Waals surface area contributed by atoms with E-state index < -0.39 is 28.5 Å². The Hall–Kier alpha value is 0.160. The van der Waals surface area contributed by atoms with Crippen LogP contribution in [0.1, 0.15) is 0 Å². The maximum atomic E-state index is 12.4. The molecule has 1 fully saturated rings. The Morgan fingerprint density at radius 1 is 0.692 bits per heavy atom. The van der Waals surface area contributed by atoms with Gasteiger partial charge in [0.05, 0.1) is 0 Å². The Bertz CT molecular complexity index is 205. The largest absolute Gasteiger partial charge is 0.375 e. The third kappa shape index (κ3) is 1.08. The van der Waals surface area contributed by atoms with E-state index in [4.69, 9.17) is 0 Å². The summed E-state index contributed by atoms with van der Waals surface area (Å²) in [6.07, 6.45) is 0. The van der Waals surface area contributed by atoms with Gasteiger partial charge >= 0.3 is 17.8 Å². The van der Waals surface area contributed by atoms with Crippen LogP contribution >= 0.6 is 23.2 Å². The Labute approximate surface area is 78.8 Å². The highest BCUT2D eigenvalue weighted by atomic mass is 35.5. The van der Waals surface area contributed by atoms with Crippen molar-refractivity contribution >= 4 is 23.2 Å². The van der Waals surface area contributed by atoms with Crippen LogP contribution in [0.2, 0.25) is 0 Å². The van der Waals surface area contributed by atoms with Crippen LogP contribution in [0.15, 0.2) is 0 Å². The first-order valence-electron chi connectivity index (χ1n) is 2.98. The van der Waals surface area contributed by atoms with Gasteiger partial charge in [0.15, 0.2) is 0 Å². The predicted octanol–water partition coefficient (Wildman–Crippen LogP) is 3.12. The van der Waals surface area contributed by atoms with Crippen molar-refractivity contribution in [1.29, 1.82) is 0 Å². The van der Waals surface area contributed by atoms with Crippen molar-refractivity contribution in [2.24, 2.45) is 0 Å². The van der Waals surface area contributed by atoms with E-state index in [0.29, 0.717) is 0 Å². The summed E-state index contributed by atoms with van der Waals surface area (Å²) in [7, 11) is 0. The lowest BCUT2D eigenvalue weighted by Crippen LogP contribution is -2.48. The molecule has 0 aromatic rings. The molecule has 0 nitrogen and oxygen atoms in total. The van der Waals surface area contributed by atoms with Crippen LogP contribution in [0, 0.1) is 0 Å². The molecule has 0 spiro atoms. The molecule has 2 atom stereocenters. The Morgan fingerprint density at radius 2 is 0.923 bits per heavy atom. The zero-order valence-electron chi connectivity index (χ0n) is 5.68. The van der Waals surface area contributed by atoms with Crippen LogP contribution in [-0.2, 0) is 0 Å². The van der Waals surface area contributed by atoms with Crippen LogP contribution in [-0.4, -0.2) is 28.5 Å². The molecule has 0 bridgehead atoms. The topological polar surface area (TPSA) is 0 Å². The van der Waals surface area contributed by atoms with Gasteiger partial charge in [0.2, 0.25) is 0 Å². The Kier molecular flexibility index (Phi) is 2.24. The molecule has 8 heteroatoms. The van der Waals surface area contributed by atoms with E-state index in [-0.39, 0.29) is 0 Å². The zero-order chi connectivity index (χ0) is 10.7. The summed E-state index contributed by atoms with van der Waals surface area (Å²) in [6.45, 7) is 0. The molecule has 0 aromatic carbocycles. The van der Waals surface area contributed by atoms with Crippen molar-refractivity contribution in [3.63, 3.8) is 0 Å². The highest BCUT2D eigenvalue weighted by molar-refractivity contribution is 6.31. The van der Waals surface area contributed by atoms with Gasteiger partial charge in [-0.15, -0.1) is 23.2 Å². The van der Waals surface area contributed by atoms with E-state index in [1.165, 1.54) is 0 Å². The lowest BCUT2D eigenvalue weighted by molar-refractivity contribution is -0.269. The van der Waals surface area contributed by atoms with E-state index in [1.54, 1.807) is 0 Å². The molecule has 1 saturated carbocycles. The van der Waals surface area contributed by atoms with Crippen molar-refractivity contribution in [1.82, 2.24) is 0 Å². The first-order valence-corrected chi connectivity index (χ1v) is 3.85. The number of halogens is 8. The second-order valence-electron chi connectivity index (χ2n) is 2.62. The fourth-order valence-electron chi connectivity index (χ4n) is 0.936. The Balaban J connectivity index is 3.23. The fraction of sp³-hybridized carbons (Fsp3) is 1.00. The molecule has 0 unspecified atom stereocenters. The van der Waals surface area contributed by atoms with Gasteiger partial charge in [0, 0.05) is 0 Å². The zero-order valence-corrected chi connectivity index (χ0v) is 7.19. The number of hydrogen-bond acceptors (Lipinski definition) is 0. The molecule has 0 aliphatic heterocycles. The van der Waals surface area contributed by atoms with E-state index in [1.807, 2.05) is 0 Å². The smallest absolute Gasteiger partial charge is 0.198 e. The highest BCUT2D eigenvalue weighted by Crippen LogP contribution is 2.59. The van der Waals surface area contributed by atoms with Gasteiger partial charge < -0.3 is 0 Å². The first kappa shape index (κ1) is 11.2. The molecule has 0 N–H and O–H groups in total. The monoisotopic (exact) mass is 246 g/mol. The minimum Gasteiger partial charge on any atom is -0.198 e. The molecule has 1 aliphatic carbocycles. The maximum absolute atomic E-state index is 12.4.